The summed E-state index contributed by atoms with van der Waals surface area (Å²) in [5.41, 5.74) is 2.14. The van der Waals surface area contributed by atoms with Crippen LogP contribution < -0.4 is 5.32 Å². The predicted molar refractivity (Wildman–Crippen MR) is 68.1 cm³/mol. The first-order valence-electron chi connectivity index (χ1n) is 4.42. The molecule has 1 nitrogen and oxygen atoms in total. The van der Waals surface area contributed by atoms with Gasteiger partial charge in [0.25, 0.3) is 0 Å². The Balaban J connectivity index is 0.00000112. The Morgan fingerprint density at radius 2 is 1.93 bits per heavy atom. The topological polar surface area (TPSA) is 12.0 Å². The average molecular weight is 240 g/mol. The summed E-state index contributed by atoms with van der Waals surface area (Å²) in [6.45, 7) is 0. The van der Waals surface area contributed by atoms with E-state index in [-0.39, 0.29) is 12.4 Å². The zero-order valence-corrected chi connectivity index (χ0v) is 9.55. The van der Waals surface area contributed by atoms with Gasteiger partial charge in [0.2, 0.25) is 0 Å². The van der Waals surface area contributed by atoms with Crippen LogP contribution in [0.5, 0.6) is 0 Å². The highest BCUT2D eigenvalue weighted by atomic mass is 35.5. The molecule has 3 heteroatoms. The Bertz CT molecular complexity index is 419. The fourth-order valence-electron chi connectivity index (χ4n) is 1.29. The van der Waals surface area contributed by atoms with Gasteiger partial charge in [-0.2, -0.15) is 0 Å². The van der Waals surface area contributed by atoms with Crippen LogP contribution >= 0.6 is 24.0 Å². The molecule has 0 radical (unpaired) electrons. The summed E-state index contributed by atoms with van der Waals surface area (Å²) in [6.07, 6.45) is 9.84. The first-order chi connectivity index (χ1) is 6.86. The maximum absolute atomic E-state index is 5.91. The van der Waals surface area contributed by atoms with Crippen LogP contribution in [-0.2, 0) is 0 Å². The van der Waals surface area contributed by atoms with E-state index in [4.69, 9.17) is 11.6 Å². The molecular formula is C12H11Cl2N. The van der Waals surface area contributed by atoms with Crippen LogP contribution in [0.15, 0.2) is 54.8 Å². The van der Waals surface area contributed by atoms with Crippen molar-refractivity contribution in [3.05, 3.63) is 65.4 Å². The molecule has 78 valence electrons. The summed E-state index contributed by atoms with van der Waals surface area (Å²) in [5, 5.41) is 3.94. The van der Waals surface area contributed by atoms with Crippen LogP contribution in [-0.4, -0.2) is 0 Å². The van der Waals surface area contributed by atoms with E-state index in [1.165, 1.54) is 0 Å². The molecule has 1 aliphatic heterocycles. The van der Waals surface area contributed by atoms with Crippen LogP contribution in [0.3, 0.4) is 0 Å². The summed E-state index contributed by atoms with van der Waals surface area (Å²) < 4.78 is 0. The van der Waals surface area contributed by atoms with Gasteiger partial charge in [-0.25, -0.2) is 0 Å². The van der Waals surface area contributed by atoms with Gasteiger partial charge in [-0.05, 0) is 29.8 Å². The number of benzene rings is 1. The molecule has 0 aromatic heterocycles. The molecule has 0 bridgehead atoms. The lowest BCUT2D eigenvalue weighted by Gasteiger charge is -2.06. The molecule has 0 saturated heterocycles. The van der Waals surface area contributed by atoms with Crippen molar-refractivity contribution in [2.45, 2.75) is 0 Å². The van der Waals surface area contributed by atoms with Crippen LogP contribution in [0.25, 0.3) is 5.70 Å². The van der Waals surface area contributed by atoms with E-state index in [0.717, 1.165) is 16.3 Å². The van der Waals surface area contributed by atoms with Gasteiger partial charge in [0.05, 0.1) is 0 Å². The van der Waals surface area contributed by atoms with Gasteiger partial charge in [0.15, 0.2) is 0 Å². The molecule has 1 aliphatic rings. The van der Waals surface area contributed by atoms with Crippen LogP contribution in [0, 0.1) is 0 Å². The minimum absolute atomic E-state index is 0. The largest absolute Gasteiger partial charge is 0.361 e. The van der Waals surface area contributed by atoms with Gasteiger partial charge in [0, 0.05) is 16.9 Å². The standard InChI is InChI=1S/C12H10ClN.ClH/c13-11-6-4-5-10(9-11)12-7-2-1-3-8-14-12;/h1-9,14H;1H. The molecule has 0 saturated carbocycles. The monoisotopic (exact) mass is 239 g/mol. The summed E-state index contributed by atoms with van der Waals surface area (Å²) in [4.78, 5) is 0. The lowest BCUT2D eigenvalue weighted by Crippen LogP contribution is -2.02. The molecule has 1 aromatic carbocycles. The summed E-state index contributed by atoms with van der Waals surface area (Å²) in [7, 11) is 0. The number of allylic oxidation sites excluding steroid dienone is 4. The predicted octanol–water partition coefficient (Wildman–Crippen LogP) is 3.78. The van der Waals surface area contributed by atoms with Crippen molar-refractivity contribution >= 4 is 29.7 Å². The fourth-order valence-corrected chi connectivity index (χ4v) is 1.48. The molecule has 1 heterocycles. The maximum Gasteiger partial charge on any atom is 0.0453 e. The van der Waals surface area contributed by atoms with E-state index in [0.29, 0.717) is 0 Å². The van der Waals surface area contributed by atoms with E-state index < -0.39 is 0 Å². The highest BCUT2D eigenvalue weighted by Gasteiger charge is 1.99. The lowest BCUT2D eigenvalue weighted by atomic mass is 10.1. The van der Waals surface area contributed by atoms with Gasteiger partial charge in [0.1, 0.15) is 0 Å². The fraction of sp³-hybridized carbons (Fsp3) is 0. The second-order valence-electron chi connectivity index (χ2n) is 2.98. The third-order valence-corrected chi connectivity index (χ3v) is 2.19. The molecule has 1 aromatic rings. The van der Waals surface area contributed by atoms with Crippen molar-refractivity contribution < 1.29 is 0 Å². The van der Waals surface area contributed by atoms with Crippen molar-refractivity contribution in [3.8, 4) is 0 Å². The van der Waals surface area contributed by atoms with Crippen molar-refractivity contribution in [3.63, 3.8) is 0 Å². The van der Waals surface area contributed by atoms with E-state index in [9.17, 15) is 0 Å². The average Bonchev–Trinajstić information content (AvgIpc) is 2.45. The highest BCUT2D eigenvalue weighted by Crippen LogP contribution is 2.17. The minimum Gasteiger partial charge on any atom is -0.361 e. The molecule has 1 N–H and O–H groups in total. The van der Waals surface area contributed by atoms with Crippen molar-refractivity contribution in [1.82, 2.24) is 5.32 Å². The van der Waals surface area contributed by atoms with Crippen LogP contribution in [0.1, 0.15) is 5.56 Å². The molecule has 0 fully saturated rings. The van der Waals surface area contributed by atoms with Gasteiger partial charge >= 0.3 is 0 Å². The number of hydrogen-bond acceptors (Lipinski definition) is 1. The first-order valence-corrected chi connectivity index (χ1v) is 4.80. The Morgan fingerprint density at radius 3 is 2.73 bits per heavy atom. The van der Waals surface area contributed by atoms with E-state index in [2.05, 4.69) is 5.32 Å². The van der Waals surface area contributed by atoms with Crippen LogP contribution in [0.4, 0.5) is 0 Å². The number of halogens is 2. The number of hydrogen-bond donors (Lipinski definition) is 1. The molecule has 0 amide bonds. The van der Waals surface area contributed by atoms with E-state index in [1.807, 2.05) is 54.8 Å². The molecular weight excluding hydrogens is 229 g/mol. The Kier molecular flexibility index (Phi) is 4.47. The Labute approximate surface area is 101 Å². The number of rotatable bonds is 1. The molecule has 0 atom stereocenters. The Morgan fingerprint density at radius 1 is 1.07 bits per heavy atom. The van der Waals surface area contributed by atoms with Gasteiger partial charge in [-0.15, -0.1) is 12.4 Å². The SMILES string of the molecule is Cl.Clc1cccc(C2=CC=CC=CN2)c1. The quantitative estimate of drug-likeness (QED) is 0.787. The third-order valence-electron chi connectivity index (χ3n) is 1.96. The van der Waals surface area contributed by atoms with Gasteiger partial charge in [-0.3, -0.25) is 0 Å². The zero-order chi connectivity index (χ0) is 9.80. The summed E-state index contributed by atoms with van der Waals surface area (Å²) in [6, 6.07) is 7.78. The van der Waals surface area contributed by atoms with Crippen molar-refractivity contribution in [2.75, 3.05) is 0 Å². The molecule has 2 rings (SSSR count). The number of nitrogens with one attached hydrogen (secondary N) is 1. The van der Waals surface area contributed by atoms with Crippen LogP contribution in [0.2, 0.25) is 5.02 Å². The molecule has 0 unspecified atom stereocenters. The van der Waals surface area contributed by atoms with Gasteiger partial charge < -0.3 is 5.32 Å². The second kappa shape index (κ2) is 5.64. The first kappa shape index (κ1) is 11.9. The molecule has 0 spiro atoms. The smallest absolute Gasteiger partial charge is 0.0453 e. The second-order valence-corrected chi connectivity index (χ2v) is 3.42. The van der Waals surface area contributed by atoms with E-state index >= 15 is 0 Å². The highest BCUT2D eigenvalue weighted by molar-refractivity contribution is 6.30. The lowest BCUT2D eigenvalue weighted by molar-refractivity contribution is 1.22. The summed E-state index contributed by atoms with van der Waals surface area (Å²) >= 11 is 5.91. The third kappa shape index (κ3) is 3.15. The Hall–Kier alpha value is -1.18. The maximum atomic E-state index is 5.91. The normalized spacial score (nSPS) is 13.5. The molecule has 0 aliphatic carbocycles. The van der Waals surface area contributed by atoms with E-state index in [1.54, 1.807) is 0 Å². The van der Waals surface area contributed by atoms with Crippen molar-refractivity contribution in [2.24, 2.45) is 0 Å². The van der Waals surface area contributed by atoms with Crippen molar-refractivity contribution in [1.29, 1.82) is 0 Å². The zero-order valence-electron chi connectivity index (χ0n) is 7.98. The minimum atomic E-state index is 0. The summed E-state index contributed by atoms with van der Waals surface area (Å²) in [5.74, 6) is 0. The molecule has 15 heavy (non-hydrogen) atoms. The van der Waals surface area contributed by atoms with Gasteiger partial charge in [-0.1, -0.05) is 35.9 Å².